The second-order valence-corrected chi connectivity index (χ2v) is 8.35. The van der Waals surface area contributed by atoms with Gasteiger partial charge in [-0.25, -0.2) is 8.42 Å². The highest BCUT2D eigenvalue weighted by Gasteiger charge is 2.28. The zero-order chi connectivity index (χ0) is 12.9. The van der Waals surface area contributed by atoms with Gasteiger partial charge in [0.15, 0.2) is 0 Å². The van der Waals surface area contributed by atoms with Crippen LogP contribution in [0.5, 0.6) is 0 Å². The maximum Gasteiger partial charge on any atom is 0.235 e. The van der Waals surface area contributed by atoms with Crippen molar-refractivity contribution in [2.45, 2.75) is 75.6 Å². The summed E-state index contributed by atoms with van der Waals surface area (Å²) in [5.74, 6) is 0. The van der Waals surface area contributed by atoms with Gasteiger partial charge in [0.05, 0.1) is 10.9 Å². The fourth-order valence-electron chi connectivity index (χ4n) is 2.43. The van der Waals surface area contributed by atoms with Gasteiger partial charge in [0.2, 0.25) is 9.05 Å². The van der Waals surface area contributed by atoms with Gasteiger partial charge in [-0.1, -0.05) is 32.1 Å². The molecule has 1 aliphatic rings. The van der Waals surface area contributed by atoms with Crippen LogP contribution < -0.4 is 0 Å². The first-order chi connectivity index (χ1) is 7.81. The Kier molecular flexibility index (Phi) is 5.74. The summed E-state index contributed by atoms with van der Waals surface area (Å²) in [7, 11) is 1.96. The first-order valence-electron chi connectivity index (χ1n) is 6.47. The largest absolute Gasteiger partial charge is 0.390 e. The molecule has 2 unspecified atom stereocenters. The normalized spacial score (nSPS) is 33.9. The van der Waals surface area contributed by atoms with Crippen molar-refractivity contribution in [2.24, 2.45) is 0 Å². The molecule has 3 nitrogen and oxygen atoms in total. The zero-order valence-electron chi connectivity index (χ0n) is 10.5. The first kappa shape index (κ1) is 15.3. The molecule has 0 spiro atoms. The minimum atomic E-state index is -3.49. The summed E-state index contributed by atoms with van der Waals surface area (Å²) >= 11 is 0. The summed E-state index contributed by atoms with van der Waals surface area (Å²) in [4.78, 5) is 0. The van der Waals surface area contributed by atoms with Gasteiger partial charge < -0.3 is 5.11 Å². The van der Waals surface area contributed by atoms with Crippen molar-refractivity contribution in [2.75, 3.05) is 0 Å². The molecule has 0 aliphatic heterocycles. The number of rotatable bonds is 1. The fraction of sp³-hybridized carbons (Fsp3) is 1.00. The van der Waals surface area contributed by atoms with Crippen molar-refractivity contribution < 1.29 is 13.5 Å². The van der Waals surface area contributed by atoms with Crippen LogP contribution in [0.3, 0.4) is 0 Å². The quantitative estimate of drug-likeness (QED) is 0.752. The van der Waals surface area contributed by atoms with Crippen LogP contribution in [0.1, 0.15) is 64.7 Å². The zero-order valence-corrected chi connectivity index (χ0v) is 12.1. The van der Waals surface area contributed by atoms with Crippen molar-refractivity contribution in [3.8, 4) is 0 Å². The molecule has 17 heavy (non-hydrogen) atoms. The molecular formula is C12H23ClO3S. The number of halogens is 1. The molecule has 102 valence electrons. The second kappa shape index (κ2) is 6.39. The van der Waals surface area contributed by atoms with Crippen LogP contribution in [0.25, 0.3) is 0 Å². The van der Waals surface area contributed by atoms with Gasteiger partial charge in [-0.15, -0.1) is 0 Å². The summed E-state index contributed by atoms with van der Waals surface area (Å²) in [6, 6.07) is 0. The van der Waals surface area contributed by atoms with E-state index < -0.39 is 19.9 Å². The van der Waals surface area contributed by atoms with Crippen LogP contribution in [0.15, 0.2) is 0 Å². The molecule has 0 saturated heterocycles. The van der Waals surface area contributed by atoms with Crippen molar-refractivity contribution >= 4 is 19.7 Å². The molecular weight excluding hydrogens is 260 g/mol. The minimum absolute atomic E-state index is 0.471. The highest BCUT2D eigenvalue weighted by molar-refractivity contribution is 8.14. The highest BCUT2D eigenvalue weighted by Crippen LogP contribution is 2.28. The molecule has 5 heteroatoms. The smallest absolute Gasteiger partial charge is 0.235 e. The van der Waals surface area contributed by atoms with Gasteiger partial charge in [0.1, 0.15) is 0 Å². The third-order valence-electron chi connectivity index (χ3n) is 3.64. The van der Waals surface area contributed by atoms with Crippen LogP contribution in [0.4, 0.5) is 0 Å². The van der Waals surface area contributed by atoms with Crippen molar-refractivity contribution in [1.29, 1.82) is 0 Å². The molecule has 2 atom stereocenters. The molecule has 1 saturated carbocycles. The lowest BCUT2D eigenvalue weighted by atomic mass is 9.92. The van der Waals surface area contributed by atoms with Gasteiger partial charge in [-0.05, 0) is 32.6 Å². The Labute approximate surface area is 109 Å². The Bertz CT molecular complexity index is 325. The lowest BCUT2D eigenvalue weighted by Gasteiger charge is -2.24. The van der Waals surface area contributed by atoms with E-state index in [2.05, 4.69) is 0 Å². The molecule has 0 aromatic rings. The summed E-state index contributed by atoms with van der Waals surface area (Å²) in [6.07, 6.45) is 7.60. The van der Waals surface area contributed by atoms with Gasteiger partial charge in [-0.3, -0.25) is 0 Å². The van der Waals surface area contributed by atoms with Crippen molar-refractivity contribution in [3.63, 3.8) is 0 Å². The summed E-state index contributed by atoms with van der Waals surface area (Å²) in [5.41, 5.74) is -0.746. The second-order valence-electron chi connectivity index (χ2n) is 5.44. The van der Waals surface area contributed by atoms with Crippen LogP contribution in [-0.4, -0.2) is 24.4 Å². The third kappa shape index (κ3) is 6.07. The van der Waals surface area contributed by atoms with Crippen LogP contribution >= 0.6 is 10.7 Å². The molecule has 1 N–H and O–H groups in total. The SMILES string of the molecule is CC1(O)CCCCCCCC(S(=O)(=O)Cl)CC1. The molecule has 1 fully saturated rings. The predicted octanol–water partition coefficient (Wildman–Crippen LogP) is 3.20. The standard InChI is InChI=1S/C12H23ClO3S/c1-12(14)9-6-4-2-3-5-7-11(8-10-12)17(13,15)16/h11,14H,2-10H2,1H3. The van der Waals surface area contributed by atoms with E-state index in [9.17, 15) is 13.5 Å². The maximum atomic E-state index is 11.4. The molecule has 0 aromatic heterocycles. The Hall–Kier alpha value is 0.200. The van der Waals surface area contributed by atoms with Gasteiger partial charge in [0.25, 0.3) is 0 Å². The van der Waals surface area contributed by atoms with Gasteiger partial charge in [0, 0.05) is 10.7 Å². The number of aliphatic hydroxyl groups is 1. The van der Waals surface area contributed by atoms with Gasteiger partial charge in [-0.2, -0.15) is 0 Å². The van der Waals surface area contributed by atoms with E-state index in [0.29, 0.717) is 19.3 Å². The Balaban J connectivity index is 2.66. The summed E-state index contributed by atoms with van der Waals surface area (Å²) in [5, 5.41) is 9.64. The summed E-state index contributed by atoms with van der Waals surface area (Å²) < 4.78 is 22.9. The van der Waals surface area contributed by atoms with Gasteiger partial charge >= 0.3 is 0 Å². The minimum Gasteiger partial charge on any atom is -0.390 e. The maximum absolute atomic E-state index is 11.4. The van der Waals surface area contributed by atoms with E-state index in [1.54, 1.807) is 6.92 Å². The Morgan fingerprint density at radius 1 is 1.06 bits per heavy atom. The number of hydrogen-bond acceptors (Lipinski definition) is 3. The first-order valence-corrected chi connectivity index (χ1v) is 8.84. The fourth-order valence-corrected chi connectivity index (χ4v) is 3.81. The van der Waals surface area contributed by atoms with Crippen molar-refractivity contribution in [1.82, 2.24) is 0 Å². The molecule has 1 aliphatic carbocycles. The third-order valence-corrected chi connectivity index (χ3v) is 5.67. The van der Waals surface area contributed by atoms with Crippen LogP contribution in [0.2, 0.25) is 0 Å². The molecule has 1 rings (SSSR count). The molecule has 0 aromatic carbocycles. The average Bonchev–Trinajstić information content (AvgIpc) is 2.21. The molecule has 0 heterocycles. The Morgan fingerprint density at radius 3 is 2.29 bits per heavy atom. The number of hydrogen-bond donors (Lipinski definition) is 1. The van der Waals surface area contributed by atoms with Crippen LogP contribution in [0, 0.1) is 0 Å². The van der Waals surface area contributed by atoms with Crippen LogP contribution in [-0.2, 0) is 9.05 Å². The van der Waals surface area contributed by atoms with E-state index in [4.69, 9.17) is 10.7 Å². The van der Waals surface area contributed by atoms with E-state index >= 15 is 0 Å². The summed E-state index contributed by atoms with van der Waals surface area (Å²) in [6.45, 7) is 1.79. The van der Waals surface area contributed by atoms with E-state index in [1.165, 1.54) is 0 Å². The lowest BCUT2D eigenvalue weighted by Crippen LogP contribution is -2.27. The Morgan fingerprint density at radius 2 is 1.65 bits per heavy atom. The molecule has 0 amide bonds. The topological polar surface area (TPSA) is 54.4 Å². The predicted molar refractivity (Wildman–Crippen MR) is 70.7 cm³/mol. The monoisotopic (exact) mass is 282 g/mol. The average molecular weight is 283 g/mol. The van der Waals surface area contributed by atoms with E-state index in [-0.39, 0.29) is 0 Å². The lowest BCUT2D eigenvalue weighted by molar-refractivity contribution is 0.0374. The highest BCUT2D eigenvalue weighted by atomic mass is 35.7. The molecule has 0 bridgehead atoms. The van der Waals surface area contributed by atoms with E-state index in [0.717, 1.165) is 38.5 Å². The van der Waals surface area contributed by atoms with E-state index in [1.807, 2.05) is 0 Å². The molecule has 0 radical (unpaired) electrons. The van der Waals surface area contributed by atoms with Crippen molar-refractivity contribution in [3.05, 3.63) is 0 Å².